The van der Waals surface area contributed by atoms with Crippen molar-refractivity contribution in [3.05, 3.63) is 23.3 Å². The maximum atomic E-state index is 14.2. The predicted octanol–water partition coefficient (Wildman–Crippen LogP) is 4.68. The van der Waals surface area contributed by atoms with Crippen molar-refractivity contribution >= 4 is 29.7 Å². The second kappa shape index (κ2) is 12.8. The first-order chi connectivity index (χ1) is 20.7. The first kappa shape index (κ1) is 33.9. The molecule has 10 nitrogen and oxygen atoms in total. The molecule has 2 saturated carbocycles. The van der Waals surface area contributed by atoms with Crippen LogP contribution in [0, 0.1) is 34.5 Å². The monoisotopic (exact) mass is 616 g/mol. The summed E-state index contributed by atoms with van der Waals surface area (Å²) in [6, 6.07) is 0. The number of esters is 4. The largest absolute Gasteiger partial charge is 0.465 e. The van der Waals surface area contributed by atoms with Crippen LogP contribution in [0.5, 0.6) is 0 Å². The van der Waals surface area contributed by atoms with Crippen LogP contribution in [0.25, 0.3) is 0 Å². The number of epoxide rings is 1. The van der Waals surface area contributed by atoms with Crippen LogP contribution in [0.15, 0.2) is 23.3 Å². The normalized spacial score (nSPS) is 36.0. The molecule has 4 rings (SSSR count). The number of ether oxygens (including phenoxy) is 5. The quantitative estimate of drug-likeness (QED) is 0.139. The lowest BCUT2D eigenvalue weighted by Crippen LogP contribution is -2.70. The fourth-order valence-corrected chi connectivity index (χ4v) is 8.16. The summed E-state index contributed by atoms with van der Waals surface area (Å²) in [5, 5.41) is 0. The van der Waals surface area contributed by atoms with Crippen molar-refractivity contribution < 1.29 is 47.7 Å². The van der Waals surface area contributed by atoms with Crippen LogP contribution >= 0.6 is 0 Å². The minimum atomic E-state index is -1.04. The Morgan fingerprint density at radius 2 is 1.84 bits per heavy atom. The molecule has 9 atom stereocenters. The SMILES string of the molecule is C/C=C(\C)C(=O)[C@@H]1CC[C@]2(CO2)[C@]2(COC(C)=O)[C@@H](OC(C)=O)C[C@@H](C)[C@](C)(C[C@H](OC(=O)[C@@H](C)CC)C3=CC(=O)OC3)[C@@H]12. The second-order valence-corrected chi connectivity index (χ2v) is 13.6. The van der Waals surface area contributed by atoms with Crippen molar-refractivity contribution in [1.82, 2.24) is 0 Å². The fourth-order valence-electron chi connectivity index (χ4n) is 8.16. The number of carbonyl (C=O) groups is 5. The number of hydrogen-bond donors (Lipinski definition) is 0. The molecule has 4 aliphatic rings. The van der Waals surface area contributed by atoms with E-state index in [9.17, 15) is 24.0 Å². The van der Waals surface area contributed by atoms with E-state index in [1.54, 1.807) is 19.9 Å². The highest BCUT2D eigenvalue weighted by molar-refractivity contribution is 5.97. The highest BCUT2D eigenvalue weighted by atomic mass is 16.6. The highest BCUT2D eigenvalue weighted by Crippen LogP contribution is 2.71. The number of rotatable bonds is 11. The Kier molecular flexibility index (Phi) is 9.83. The summed E-state index contributed by atoms with van der Waals surface area (Å²) < 4.78 is 29.5. The summed E-state index contributed by atoms with van der Waals surface area (Å²) in [6.45, 7) is 14.5. The zero-order valence-corrected chi connectivity index (χ0v) is 27.4. The second-order valence-electron chi connectivity index (χ2n) is 13.6. The van der Waals surface area contributed by atoms with Gasteiger partial charge < -0.3 is 23.7 Å². The molecule has 244 valence electrons. The van der Waals surface area contributed by atoms with Crippen molar-refractivity contribution in [2.75, 3.05) is 19.8 Å². The predicted molar refractivity (Wildman–Crippen MR) is 159 cm³/mol. The highest BCUT2D eigenvalue weighted by Gasteiger charge is 2.77. The molecule has 0 radical (unpaired) electrons. The molecule has 0 unspecified atom stereocenters. The number of fused-ring (bicyclic) bond motifs is 2. The van der Waals surface area contributed by atoms with Gasteiger partial charge in [-0.25, -0.2) is 4.79 Å². The summed E-state index contributed by atoms with van der Waals surface area (Å²) in [5.74, 6) is -3.34. The third kappa shape index (κ3) is 5.98. The van der Waals surface area contributed by atoms with Gasteiger partial charge in [0.15, 0.2) is 5.78 Å². The molecule has 10 heteroatoms. The summed E-state index contributed by atoms with van der Waals surface area (Å²) in [5.41, 5.74) is -1.35. The van der Waals surface area contributed by atoms with Crippen molar-refractivity contribution in [3.63, 3.8) is 0 Å². The molecule has 0 aromatic rings. The minimum Gasteiger partial charge on any atom is -0.465 e. The first-order valence-corrected chi connectivity index (χ1v) is 15.8. The molecule has 2 aliphatic carbocycles. The Labute approximate surface area is 260 Å². The van der Waals surface area contributed by atoms with Gasteiger partial charge in [-0.2, -0.15) is 0 Å². The van der Waals surface area contributed by atoms with E-state index in [4.69, 9.17) is 23.7 Å². The van der Waals surface area contributed by atoms with E-state index in [2.05, 4.69) is 13.8 Å². The van der Waals surface area contributed by atoms with E-state index in [0.29, 0.717) is 43.4 Å². The molecule has 2 aliphatic heterocycles. The zero-order valence-electron chi connectivity index (χ0n) is 27.4. The zero-order chi connectivity index (χ0) is 32.6. The van der Waals surface area contributed by atoms with Gasteiger partial charge >= 0.3 is 23.9 Å². The van der Waals surface area contributed by atoms with Gasteiger partial charge in [0, 0.05) is 31.4 Å². The van der Waals surface area contributed by atoms with Gasteiger partial charge in [-0.05, 0) is 68.8 Å². The molecule has 2 heterocycles. The molecule has 1 saturated heterocycles. The smallest absolute Gasteiger partial charge is 0.331 e. The topological polar surface area (TPSA) is 135 Å². The molecule has 0 N–H and O–H groups in total. The van der Waals surface area contributed by atoms with Gasteiger partial charge in [-0.1, -0.05) is 33.8 Å². The third-order valence-corrected chi connectivity index (χ3v) is 11.1. The van der Waals surface area contributed by atoms with Crippen LogP contribution in [-0.4, -0.2) is 67.3 Å². The average Bonchev–Trinajstić information content (AvgIpc) is 3.62. The van der Waals surface area contributed by atoms with E-state index in [0.717, 1.165) is 0 Å². The molecule has 0 aromatic heterocycles. The van der Waals surface area contributed by atoms with Crippen LogP contribution in [0.2, 0.25) is 0 Å². The van der Waals surface area contributed by atoms with Crippen LogP contribution in [0.4, 0.5) is 0 Å². The van der Waals surface area contributed by atoms with Gasteiger partial charge in [0.05, 0.1) is 17.9 Å². The summed E-state index contributed by atoms with van der Waals surface area (Å²) in [6.07, 6.45) is 4.08. The molecule has 0 amide bonds. The Morgan fingerprint density at radius 3 is 2.36 bits per heavy atom. The summed E-state index contributed by atoms with van der Waals surface area (Å²) in [4.78, 5) is 64.5. The lowest BCUT2D eigenvalue weighted by Gasteiger charge is -2.65. The number of hydrogen-bond acceptors (Lipinski definition) is 10. The maximum Gasteiger partial charge on any atom is 0.331 e. The van der Waals surface area contributed by atoms with Gasteiger partial charge in [0.25, 0.3) is 0 Å². The van der Waals surface area contributed by atoms with Gasteiger partial charge in [0.2, 0.25) is 0 Å². The molecular weight excluding hydrogens is 568 g/mol. The van der Waals surface area contributed by atoms with Crippen LogP contribution in [0.1, 0.15) is 87.5 Å². The van der Waals surface area contributed by atoms with Crippen LogP contribution in [0.3, 0.4) is 0 Å². The van der Waals surface area contributed by atoms with Crippen LogP contribution in [-0.2, 0) is 47.7 Å². The minimum absolute atomic E-state index is 0.00810. The number of ketones is 1. The van der Waals surface area contributed by atoms with E-state index in [1.165, 1.54) is 19.9 Å². The summed E-state index contributed by atoms with van der Waals surface area (Å²) >= 11 is 0. The summed E-state index contributed by atoms with van der Waals surface area (Å²) in [7, 11) is 0. The number of allylic oxidation sites excluding steroid dienone is 2. The lowest BCUT2D eigenvalue weighted by atomic mass is 9.40. The molecule has 0 aromatic carbocycles. The number of carbonyl (C=O) groups excluding carboxylic acids is 5. The molecule has 44 heavy (non-hydrogen) atoms. The number of Topliss-reactive ketones (excluding diaryl/α,β-unsaturated/α-hetero) is 1. The Balaban J connectivity index is 1.93. The first-order valence-electron chi connectivity index (χ1n) is 15.8. The van der Waals surface area contributed by atoms with Crippen LogP contribution < -0.4 is 0 Å². The van der Waals surface area contributed by atoms with E-state index >= 15 is 0 Å². The average molecular weight is 617 g/mol. The van der Waals surface area contributed by atoms with E-state index in [-0.39, 0.29) is 43.2 Å². The fraction of sp³-hybridized carbons (Fsp3) is 0.735. The molecule has 0 bridgehead atoms. The molecule has 1 spiro atoms. The van der Waals surface area contributed by atoms with Gasteiger partial charge in [-0.3, -0.25) is 19.2 Å². The van der Waals surface area contributed by atoms with E-state index < -0.39 is 58.4 Å². The lowest BCUT2D eigenvalue weighted by molar-refractivity contribution is -0.243. The Morgan fingerprint density at radius 1 is 1.16 bits per heavy atom. The van der Waals surface area contributed by atoms with Gasteiger partial charge in [-0.15, -0.1) is 0 Å². The van der Waals surface area contributed by atoms with Crippen molar-refractivity contribution in [2.45, 2.75) is 105 Å². The van der Waals surface area contributed by atoms with E-state index in [1.807, 2.05) is 13.8 Å². The van der Waals surface area contributed by atoms with Gasteiger partial charge in [0.1, 0.15) is 31.0 Å². The third-order valence-electron chi connectivity index (χ3n) is 11.1. The molecule has 3 fully saturated rings. The molecular formula is C34H48O10. The Bertz CT molecular complexity index is 1240. The Hall–Kier alpha value is -3.01. The van der Waals surface area contributed by atoms with Crippen molar-refractivity contribution in [3.8, 4) is 0 Å². The maximum absolute atomic E-state index is 14.2. The van der Waals surface area contributed by atoms with Crippen molar-refractivity contribution in [1.29, 1.82) is 0 Å². The van der Waals surface area contributed by atoms with Crippen molar-refractivity contribution in [2.24, 2.45) is 34.5 Å². The standard InChI is InChI=1S/C34H48O10/c1-9-19(3)29(38)25-11-12-33(17-42-33)34(18-41-22(6)35)27(43-23(7)36)13-21(5)32(8,30(25)34)15-26(24-14-28(37)40-16-24)44-31(39)20(4)10-2/h9,14,20-21,25-27,30H,10-13,15-18H2,1-8H3/b19-9+/t20-,21+,25-,26-,27-,30+,32-,33-,34+/m0/s1. The number of cyclic esters (lactones) is 1.